The Kier molecular flexibility index (Phi) is 2.60. The molecule has 0 amide bonds. The van der Waals surface area contributed by atoms with E-state index in [1.807, 2.05) is 0 Å². The number of hydrogen-bond donors (Lipinski definition) is 0. The summed E-state index contributed by atoms with van der Waals surface area (Å²) in [6.07, 6.45) is 6.01. The van der Waals surface area contributed by atoms with Crippen molar-refractivity contribution in [3.63, 3.8) is 0 Å². The Bertz CT molecular complexity index is 269. The standard InChI is InChI=1S/C16H28/c1-5-11-7-9(3)13-8-14-10(4)12(6-2)16(14)15(11)13/h9-16H,5-8H2,1-4H3. The van der Waals surface area contributed by atoms with E-state index < -0.39 is 0 Å². The van der Waals surface area contributed by atoms with Gasteiger partial charge in [-0.1, -0.05) is 40.5 Å². The summed E-state index contributed by atoms with van der Waals surface area (Å²) in [6, 6.07) is 0. The lowest BCUT2D eigenvalue weighted by Gasteiger charge is -2.50. The molecule has 0 aromatic rings. The minimum Gasteiger partial charge on any atom is -0.0651 e. The van der Waals surface area contributed by atoms with Gasteiger partial charge in [0.05, 0.1) is 0 Å². The highest BCUT2D eigenvalue weighted by atomic mass is 14.7. The molecule has 0 N–H and O–H groups in total. The average molecular weight is 220 g/mol. The molecular weight excluding hydrogens is 192 g/mol. The van der Waals surface area contributed by atoms with Crippen molar-refractivity contribution in [2.24, 2.45) is 47.3 Å². The van der Waals surface area contributed by atoms with Crippen LogP contribution in [0, 0.1) is 47.3 Å². The Morgan fingerprint density at radius 1 is 0.875 bits per heavy atom. The molecule has 3 aliphatic carbocycles. The first-order chi connectivity index (χ1) is 7.69. The van der Waals surface area contributed by atoms with Gasteiger partial charge in [-0.2, -0.15) is 0 Å². The molecule has 0 saturated heterocycles. The normalized spacial score (nSPS) is 59.2. The zero-order valence-corrected chi connectivity index (χ0v) is 11.4. The van der Waals surface area contributed by atoms with Crippen molar-refractivity contribution in [3.05, 3.63) is 0 Å². The lowest BCUT2D eigenvalue weighted by atomic mass is 9.54. The van der Waals surface area contributed by atoms with E-state index in [0.29, 0.717) is 0 Å². The molecule has 92 valence electrons. The third-order valence-electron chi connectivity index (χ3n) is 6.77. The predicted octanol–water partition coefficient (Wildman–Crippen LogP) is 4.60. The van der Waals surface area contributed by atoms with Crippen LogP contribution in [0.4, 0.5) is 0 Å². The van der Waals surface area contributed by atoms with Crippen LogP contribution in [0.1, 0.15) is 53.4 Å². The summed E-state index contributed by atoms with van der Waals surface area (Å²) in [5.74, 6) is 8.74. The Balaban J connectivity index is 1.83. The summed E-state index contributed by atoms with van der Waals surface area (Å²) in [5.41, 5.74) is 0. The van der Waals surface area contributed by atoms with Crippen LogP contribution in [0.2, 0.25) is 0 Å². The van der Waals surface area contributed by atoms with Crippen LogP contribution in [0.5, 0.6) is 0 Å². The molecule has 3 saturated carbocycles. The molecule has 3 aliphatic rings. The van der Waals surface area contributed by atoms with Gasteiger partial charge >= 0.3 is 0 Å². The number of rotatable bonds is 2. The van der Waals surface area contributed by atoms with Crippen LogP contribution in [0.3, 0.4) is 0 Å². The van der Waals surface area contributed by atoms with E-state index in [2.05, 4.69) is 27.7 Å². The van der Waals surface area contributed by atoms with Gasteiger partial charge in [0, 0.05) is 0 Å². The molecule has 0 nitrogen and oxygen atoms in total. The molecule has 0 bridgehead atoms. The Morgan fingerprint density at radius 2 is 1.62 bits per heavy atom. The number of fused-ring (bicyclic) bond motifs is 3. The highest BCUT2D eigenvalue weighted by molar-refractivity contribution is 5.09. The summed E-state index contributed by atoms with van der Waals surface area (Å²) in [6.45, 7) is 9.91. The smallest absolute Gasteiger partial charge is 0.0318 e. The van der Waals surface area contributed by atoms with Crippen molar-refractivity contribution in [2.45, 2.75) is 53.4 Å². The van der Waals surface area contributed by atoms with E-state index in [1.54, 1.807) is 12.8 Å². The van der Waals surface area contributed by atoms with Crippen LogP contribution in [0.15, 0.2) is 0 Å². The van der Waals surface area contributed by atoms with Gasteiger partial charge in [-0.3, -0.25) is 0 Å². The lowest BCUT2D eigenvalue weighted by molar-refractivity contribution is -0.0250. The van der Waals surface area contributed by atoms with Crippen molar-refractivity contribution >= 4 is 0 Å². The molecule has 0 heterocycles. The topological polar surface area (TPSA) is 0 Å². The van der Waals surface area contributed by atoms with Crippen molar-refractivity contribution in [3.8, 4) is 0 Å². The molecule has 3 fully saturated rings. The first-order valence-corrected chi connectivity index (χ1v) is 7.69. The second-order valence-corrected chi connectivity index (χ2v) is 7.03. The zero-order valence-electron chi connectivity index (χ0n) is 11.4. The van der Waals surface area contributed by atoms with Crippen molar-refractivity contribution in [2.75, 3.05) is 0 Å². The molecule has 8 unspecified atom stereocenters. The van der Waals surface area contributed by atoms with Crippen LogP contribution in [0.25, 0.3) is 0 Å². The molecule has 0 aromatic carbocycles. The molecule has 8 atom stereocenters. The monoisotopic (exact) mass is 220 g/mol. The van der Waals surface area contributed by atoms with E-state index in [-0.39, 0.29) is 0 Å². The summed E-state index contributed by atoms with van der Waals surface area (Å²) in [7, 11) is 0. The fraction of sp³-hybridized carbons (Fsp3) is 1.00. The number of hydrogen-bond acceptors (Lipinski definition) is 0. The minimum atomic E-state index is 1.03. The Hall–Kier alpha value is 0. The summed E-state index contributed by atoms with van der Waals surface area (Å²) < 4.78 is 0. The SMILES string of the molecule is CCC1CC(C)C2CC3C(C)C(CC)C3C12. The molecular formula is C16H28. The first kappa shape index (κ1) is 11.1. The predicted molar refractivity (Wildman–Crippen MR) is 69.1 cm³/mol. The minimum absolute atomic E-state index is 1.03. The van der Waals surface area contributed by atoms with Gasteiger partial charge in [-0.05, 0) is 60.2 Å². The highest BCUT2D eigenvalue weighted by Gasteiger charge is 2.61. The van der Waals surface area contributed by atoms with Crippen LogP contribution >= 0.6 is 0 Å². The third-order valence-corrected chi connectivity index (χ3v) is 6.77. The Labute approximate surface area is 101 Å². The fourth-order valence-electron chi connectivity index (χ4n) is 6.06. The third kappa shape index (κ3) is 1.22. The first-order valence-electron chi connectivity index (χ1n) is 7.69. The molecule has 0 radical (unpaired) electrons. The summed E-state index contributed by atoms with van der Waals surface area (Å²) in [5, 5.41) is 0. The van der Waals surface area contributed by atoms with Crippen LogP contribution in [-0.2, 0) is 0 Å². The van der Waals surface area contributed by atoms with Gasteiger partial charge < -0.3 is 0 Å². The highest BCUT2D eigenvalue weighted by Crippen LogP contribution is 2.67. The maximum Gasteiger partial charge on any atom is -0.0318 e. The molecule has 0 heteroatoms. The van der Waals surface area contributed by atoms with E-state index in [4.69, 9.17) is 0 Å². The van der Waals surface area contributed by atoms with E-state index in [0.717, 1.165) is 47.3 Å². The zero-order chi connectivity index (χ0) is 11.4. The maximum absolute atomic E-state index is 2.53. The van der Waals surface area contributed by atoms with Crippen molar-refractivity contribution in [1.29, 1.82) is 0 Å². The average Bonchev–Trinajstić information content (AvgIpc) is 2.76. The van der Waals surface area contributed by atoms with Gasteiger partial charge in [-0.25, -0.2) is 0 Å². The quantitative estimate of drug-likeness (QED) is 0.638. The molecule has 0 aromatic heterocycles. The van der Waals surface area contributed by atoms with Crippen LogP contribution < -0.4 is 0 Å². The second-order valence-electron chi connectivity index (χ2n) is 7.03. The molecule has 3 rings (SSSR count). The maximum atomic E-state index is 2.53. The van der Waals surface area contributed by atoms with Crippen molar-refractivity contribution < 1.29 is 0 Å². The van der Waals surface area contributed by atoms with Gasteiger partial charge in [0.2, 0.25) is 0 Å². The van der Waals surface area contributed by atoms with E-state index in [9.17, 15) is 0 Å². The summed E-state index contributed by atoms with van der Waals surface area (Å²) >= 11 is 0. The van der Waals surface area contributed by atoms with Gasteiger partial charge in [0.25, 0.3) is 0 Å². The molecule has 16 heavy (non-hydrogen) atoms. The van der Waals surface area contributed by atoms with Gasteiger partial charge in [0.15, 0.2) is 0 Å². The molecule has 0 spiro atoms. The summed E-state index contributed by atoms with van der Waals surface area (Å²) in [4.78, 5) is 0. The molecule has 0 aliphatic heterocycles. The van der Waals surface area contributed by atoms with Crippen molar-refractivity contribution in [1.82, 2.24) is 0 Å². The van der Waals surface area contributed by atoms with Gasteiger partial charge in [-0.15, -0.1) is 0 Å². The van der Waals surface area contributed by atoms with Gasteiger partial charge in [0.1, 0.15) is 0 Å². The largest absolute Gasteiger partial charge is 0.0651 e. The Morgan fingerprint density at radius 3 is 2.25 bits per heavy atom. The second kappa shape index (κ2) is 3.75. The van der Waals surface area contributed by atoms with E-state index >= 15 is 0 Å². The lowest BCUT2D eigenvalue weighted by Crippen LogP contribution is -2.45. The van der Waals surface area contributed by atoms with Crippen LogP contribution in [-0.4, -0.2) is 0 Å². The fourth-order valence-corrected chi connectivity index (χ4v) is 6.06. The van der Waals surface area contributed by atoms with E-state index in [1.165, 1.54) is 12.8 Å².